The summed E-state index contributed by atoms with van der Waals surface area (Å²) < 4.78 is 7.51. The molecule has 0 aliphatic rings. The molecule has 0 aliphatic heterocycles. The SMILES string of the molecule is CC(C)c1ccc2oc3c[c-]c(-c4cc(CC(C)(C)C)ccn4)cc3c2c1.[CH3][Ge]([CH3])([CH3])[c]1cnc(-c2[c-]cccc2)cc1Cc1ccccc1.[Ir]. The molecule has 3 heterocycles. The minimum atomic E-state index is -1.96. The molecule has 0 fully saturated rings. The maximum atomic E-state index is 6.02. The van der Waals surface area contributed by atoms with Gasteiger partial charge in [0, 0.05) is 31.7 Å². The molecule has 4 aromatic carbocycles. The summed E-state index contributed by atoms with van der Waals surface area (Å²) in [6.45, 7) is 11.2. The Hall–Kier alpha value is -3.83. The molecule has 0 atom stereocenters. The third-order valence-corrected chi connectivity index (χ3v) is 13.3. The number of hydrogen-bond acceptors (Lipinski definition) is 3. The first-order valence-electron chi connectivity index (χ1n) is 17.7. The van der Waals surface area contributed by atoms with Gasteiger partial charge in [-0.25, -0.2) is 0 Å². The molecule has 3 aromatic heterocycles. The maximum Gasteiger partial charge on any atom is 0 e. The molecule has 0 bridgehead atoms. The Morgan fingerprint density at radius 2 is 1.45 bits per heavy atom. The number of rotatable bonds is 7. The van der Waals surface area contributed by atoms with E-state index in [2.05, 4.69) is 154 Å². The van der Waals surface area contributed by atoms with E-state index >= 15 is 0 Å². The predicted octanol–water partition coefficient (Wildman–Crippen LogP) is 11.8. The monoisotopic (exact) mass is 911 g/mol. The number of hydrogen-bond donors (Lipinski definition) is 0. The molecule has 0 N–H and O–H groups in total. The topological polar surface area (TPSA) is 38.9 Å². The van der Waals surface area contributed by atoms with Crippen LogP contribution in [0, 0.1) is 17.5 Å². The second-order valence-corrected chi connectivity index (χ2v) is 26.4. The van der Waals surface area contributed by atoms with Gasteiger partial charge in [-0.1, -0.05) is 57.7 Å². The summed E-state index contributed by atoms with van der Waals surface area (Å²) in [5, 5.41) is 2.29. The van der Waals surface area contributed by atoms with Gasteiger partial charge in [0.25, 0.3) is 0 Å². The molecule has 1 radical (unpaired) electrons. The first-order chi connectivity index (χ1) is 23.8. The van der Waals surface area contributed by atoms with Gasteiger partial charge in [0.1, 0.15) is 5.58 Å². The number of furan rings is 1. The molecule has 3 nitrogen and oxygen atoms in total. The molecule has 0 unspecified atom stereocenters. The molecular formula is C46H48GeIrN2O-2. The van der Waals surface area contributed by atoms with Crippen molar-refractivity contribution in [3.8, 4) is 22.5 Å². The average molecular weight is 910 g/mol. The largest absolute Gasteiger partial charge is 0 e. The third-order valence-electron chi connectivity index (χ3n) is 8.95. The van der Waals surface area contributed by atoms with Crippen molar-refractivity contribution in [2.45, 2.75) is 70.6 Å². The maximum absolute atomic E-state index is 6.02. The van der Waals surface area contributed by atoms with Crippen LogP contribution in [0.1, 0.15) is 62.8 Å². The van der Waals surface area contributed by atoms with Crippen LogP contribution < -0.4 is 4.40 Å². The zero-order valence-electron chi connectivity index (χ0n) is 31.1. The number of pyridine rings is 2. The Labute approximate surface area is 320 Å². The van der Waals surface area contributed by atoms with E-state index in [1.807, 2.05) is 30.5 Å². The van der Waals surface area contributed by atoms with Crippen LogP contribution in [0.3, 0.4) is 0 Å². The first kappa shape index (κ1) is 38.4. The molecule has 0 saturated carbocycles. The van der Waals surface area contributed by atoms with Crippen molar-refractivity contribution in [3.63, 3.8) is 0 Å². The molecule has 7 rings (SSSR count). The summed E-state index contributed by atoms with van der Waals surface area (Å²) in [4.78, 5) is 9.33. The predicted molar refractivity (Wildman–Crippen MR) is 214 cm³/mol. The van der Waals surface area contributed by atoms with Crippen molar-refractivity contribution in [2.24, 2.45) is 5.41 Å². The molecule has 263 valence electrons. The average Bonchev–Trinajstić information content (AvgIpc) is 3.45. The molecule has 0 spiro atoms. The van der Waals surface area contributed by atoms with Gasteiger partial charge >= 0.3 is 142 Å². The summed E-state index contributed by atoms with van der Waals surface area (Å²) >= 11 is -1.96. The van der Waals surface area contributed by atoms with Crippen LogP contribution in [-0.2, 0) is 32.9 Å². The number of aromatic nitrogens is 2. The molecule has 5 heteroatoms. The van der Waals surface area contributed by atoms with Gasteiger partial charge in [0.05, 0.1) is 5.58 Å². The van der Waals surface area contributed by atoms with Crippen molar-refractivity contribution >= 4 is 39.6 Å². The normalized spacial score (nSPS) is 11.7. The van der Waals surface area contributed by atoms with E-state index in [1.54, 1.807) is 0 Å². The van der Waals surface area contributed by atoms with Crippen LogP contribution in [0.2, 0.25) is 17.3 Å². The fraction of sp³-hybridized carbons (Fsp3) is 0.261. The number of nitrogens with zero attached hydrogens (tertiary/aromatic N) is 2. The second kappa shape index (κ2) is 16.2. The fourth-order valence-corrected chi connectivity index (χ4v) is 9.73. The minimum Gasteiger partial charge on any atom is 0 e. The van der Waals surface area contributed by atoms with E-state index in [1.165, 1.54) is 26.6 Å². The van der Waals surface area contributed by atoms with E-state index in [0.29, 0.717) is 5.92 Å². The number of benzene rings is 4. The van der Waals surface area contributed by atoms with Crippen LogP contribution in [0.5, 0.6) is 0 Å². The van der Waals surface area contributed by atoms with Crippen LogP contribution in [0.4, 0.5) is 0 Å². The smallest absolute Gasteiger partial charge is 0 e. The van der Waals surface area contributed by atoms with Crippen molar-refractivity contribution in [1.82, 2.24) is 9.97 Å². The van der Waals surface area contributed by atoms with Crippen LogP contribution >= 0.6 is 0 Å². The summed E-state index contributed by atoms with van der Waals surface area (Å²) in [6.07, 6.45) is 6.02. The van der Waals surface area contributed by atoms with E-state index in [-0.39, 0.29) is 25.5 Å². The van der Waals surface area contributed by atoms with Gasteiger partial charge in [-0.15, -0.1) is 23.8 Å². The van der Waals surface area contributed by atoms with Crippen molar-refractivity contribution in [3.05, 3.63) is 150 Å². The van der Waals surface area contributed by atoms with E-state index < -0.39 is 13.3 Å². The Morgan fingerprint density at radius 3 is 2.14 bits per heavy atom. The Bertz CT molecular complexity index is 2210. The summed E-state index contributed by atoms with van der Waals surface area (Å²) in [5.74, 6) is 7.78. The van der Waals surface area contributed by atoms with Gasteiger partial charge in [0.15, 0.2) is 0 Å². The van der Waals surface area contributed by atoms with Gasteiger partial charge in [-0.2, -0.15) is 0 Å². The van der Waals surface area contributed by atoms with E-state index in [9.17, 15) is 0 Å². The molecule has 51 heavy (non-hydrogen) atoms. The van der Waals surface area contributed by atoms with Gasteiger partial charge in [-0.3, -0.25) is 0 Å². The summed E-state index contributed by atoms with van der Waals surface area (Å²) in [5.41, 5.74) is 11.5. The summed E-state index contributed by atoms with van der Waals surface area (Å²) in [7, 11) is 0. The second-order valence-electron chi connectivity index (χ2n) is 15.8. The van der Waals surface area contributed by atoms with Crippen molar-refractivity contribution < 1.29 is 24.5 Å². The van der Waals surface area contributed by atoms with Crippen LogP contribution in [0.25, 0.3) is 44.5 Å². The zero-order chi connectivity index (χ0) is 35.5. The molecular weight excluding hydrogens is 861 g/mol. The minimum absolute atomic E-state index is 0. The van der Waals surface area contributed by atoms with Gasteiger partial charge < -0.3 is 9.40 Å². The molecule has 0 saturated heterocycles. The quantitative estimate of drug-likeness (QED) is 0.118. The molecule has 0 amide bonds. The number of fused-ring (bicyclic) bond motifs is 3. The Balaban J connectivity index is 0.000000196. The standard InChI is InChI=1S/C25H26NO.C21H22GeN.Ir/c1-16(2)18-6-8-23-20(13-18)21-14-19(7-9-24(21)27-23)22-12-17(10-11-26-22)15-25(3,4)5;1-22(2,3)20-16-23-21(18-12-8-5-9-13-18)15-19(20)14-17-10-6-4-7-11-17;/h6,8-14,16H,15H2,1-5H3;4-12,15-16H,14H2,1-3H3;/q2*-1;. The molecule has 7 aromatic rings. The first-order valence-corrected chi connectivity index (χ1v) is 25.0. The Morgan fingerprint density at radius 1 is 0.725 bits per heavy atom. The van der Waals surface area contributed by atoms with Crippen molar-refractivity contribution in [2.75, 3.05) is 0 Å². The van der Waals surface area contributed by atoms with E-state index in [4.69, 9.17) is 9.40 Å². The van der Waals surface area contributed by atoms with Crippen LogP contribution in [-0.4, -0.2) is 23.2 Å². The van der Waals surface area contributed by atoms with Crippen molar-refractivity contribution in [1.29, 1.82) is 0 Å². The third kappa shape index (κ3) is 9.74. The van der Waals surface area contributed by atoms with E-state index in [0.717, 1.165) is 57.3 Å². The van der Waals surface area contributed by atoms with Gasteiger partial charge in [0.2, 0.25) is 0 Å². The van der Waals surface area contributed by atoms with Gasteiger partial charge in [-0.05, 0) is 47.2 Å². The zero-order valence-corrected chi connectivity index (χ0v) is 35.6. The van der Waals surface area contributed by atoms with Crippen LogP contribution in [0.15, 0.2) is 120 Å². The summed E-state index contributed by atoms with van der Waals surface area (Å²) in [6, 6.07) is 42.5. The fourth-order valence-electron chi connectivity index (χ4n) is 6.42. The Kier molecular flexibility index (Phi) is 12.2. The molecule has 0 aliphatic carbocycles.